The summed E-state index contributed by atoms with van der Waals surface area (Å²) in [6.07, 6.45) is 3.07. The molecule has 24 heteroatoms. The monoisotopic (exact) mass is 1090 g/mol. The van der Waals surface area contributed by atoms with Crippen molar-refractivity contribution in [2.75, 3.05) is 33.2 Å². The Morgan fingerprint density at radius 2 is 1.53 bits per heavy atom. The summed E-state index contributed by atoms with van der Waals surface area (Å²) in [6, 6.07) is 30.5. The van der Waals surface area contributed by atoms with Crippen LogP contribution in [0, 0.1) is 22.0 Å². The number of nitrogens with two attached hydrogens (primary N) is 1. The molecule has 398 valence electrons. The first-order chi connectivity index (χ1) is 37.3. The zero-order chi connectivity index (χ0) is 53.6. The van der Waals surface area contributed by atoms with Crippen molar-refractivity contribution in [2.24, 2.45) is 11.8 Å². The smallest absolute Gasteiger partial charge is 0.325 e. The number of nitrogen functional groups attached to an aromatic ring is 1. The molecule has 5 aromatic heterocycles. The quantitative estimate of drug-likeness (QED) is 0.0319. The van der Waals surface area contributed by atoms with Crippen LogP contribution in [-0.4, -0.2) is 98.7 Å². The van der Waals surface area contributed by atoms with Crippen molar-refractivity contribution in [3.63, 3.8) is 0 Å². The second-order valence-electron chi connectivity index (χ2n) is 19.0. The first-order valence-electron chi connectivity index (χ1n) is 24.8. The Morgan fingerprint density at radius 3 is 2.19 bits per heavy atom. The van der Waals surface area contributed by atoms with Crippen LogP contribution >= 0.6 is 6.72 Å². The van der Waals surface area contributed by atoms with Gasteiger partial charge in [0, 0.05) is 37.1 Å². The number of imidazole rings is 3. The van der Waals surface area contributed by atoms with Crippen LogP contribution in [0.5, 0.6) is 11.5 Å². The summed E-state index contributed by atoms with van der Waals surface area (Å²) in [5.74, 6) is 1.76. The van der Waals surface area contributed by atoms with E-state index in [2.05, 4.69) is 26.9 Å². The molecule has 1 aliphatic carbocycles. The normalized spacial score (nSPS) is 21.3. The predicted octanol–water partition coefficient (Wildman–Crippen LogP) is 7.89. The van der Waals surface area contributed by atoms with Gasteiger partial charge in [0.25, 0.3) is 11.2 Å². The van der Waals surface area contributed by atoms with Crippen LogP contribution in [0.25, 0.3) is 28.1 Å². The van der Waals surface area contributed by atoms with E-state index in [1.165, 1.54) is 33.8 Å². The molecule has 1 saturated carbocycles. The third-order valence-electron chi connectivity index (χ3n) is 14.8. The van der Waals surface area contributed by atoms with E-state index >= 15 is 4.39 Å². The Hall–Kier alpha value is -7.50. The lowest BCUT2D eigenvalue weighted by Gasteiger charge is -2.45. The van der Waals surface area contributed by atoms with Gasteiger partial charge in [-0.15, -0.1) is 0 Å². The maximum absolute atomic E-state index is 17.9. The molecule has 1 unspecified atom stereocenters. The maximum Gasteiger partial charge on any atom is 0.325 e. The van der Waals surface area contributed by atoms with Crippen LogP contribution in [0.1, 0.15) is 54.3 Å². The average molecular weight is 1090 g/mol. The molecule has 8 atom stereocenters. The summed E-state index contributed by atoms with van der Waals surface area (Å²) < 4.78 is 61.6. The Balaban J connectivity index is 0.924. The Labute approximate surface area is 444 Å². The molecule has 6 heterocycles. The zero-order valence-corrected chi connectivity index (χ0v) is 43.6. The minimum atomic E-state index is -4.27. The number of nitro groups is 1. The van der Waals surface area contributed by atoms with Gasteiger partial charge in [-0.2, -0.15) is 4.98 Å². The van der Waals surface area contributed by atoms with E-state index in [-0.39, 0.29) is 59.5 Å². The van der Waals surface area contributed by atoms with E-state index in [9.17, 15) is 19.8 Å². The molecule has 3 N–H and O–H groups in total. The number of fused-ring (bicyclic) bond motifs is 3. The number of halogens is 1. The highest BCUT2D eigenvalue weighted by molar-refractivity contribution is 8.07. The number of methoxy groups -OCH3 is 2. The van der Waals surface area contributed by atoms with Gasteiger partial charge in [0.1, 0.15) is 41.2 Å². The first kappa shape index (κ1) is 51.6. The third-order valence-corrected chi connectivity index (χ3v) is 16.4. The number of nitrogens with zero attached hydrogens (tertiary/aromatic N) is 10. The predicted molar refractivity (Wildman–Crippen MR) is 285 cm³/mol. The number of nitro benzene ring substituents is 1. The number of alkyl halides is 1. The molecule has 1 saturated heterocycles. The molecule has 9 aromatic rings. The van der Waals surface area contributed by atoms with Crippen LogP contribution in [0.4, 0.5) is 15.9 Å². The fourth-order valence-electron chi connectivity index (χ4n) is 10.7. The van der Waals surface area contributed by atoms with Crippen molar-refractivity contribution in [3.05, 3.63) is 177 Å². The molecular weight excluding hydrogens is 1030 g/mol. The number of anilines is 1. The van der Waals surface area contributed by atoms with Gasteiger partial charge in [0.05, 0.1) is 45.0 Å². The fraction of sp³-hybridized carbons (Fsp3) is 0.321. The van der Waals surface area contributed by atoms with Crippen molar-refractivity contribution >= 4 is 58.1 Å². The summed E-state index contributed by atoms with van der Waals surface area (Å²) in [5.41, 5.74) is 8.25. The van der Waals surface area contributed by atoms with Crippen LogP contribution in [0.2, 0.25) is 0 Å². The Morgan fingerprint density at radius 1 is 0.870 bits per heavy atom. The number of non-ortho nitro benzene ring substituents is 1. The zero-order valence-electron chi connectivity index (χ0n) is 41.9. The molecule has 0 spiro atoms. The van der Waals surface area contributed by atoms with Gasteiger partial charge in [0.2, 0.25) is 5.78 Å². The van der Waals surface area contributed by atoms with Gasteiger partial charge in [-0.1, -0.05) is 80.1 Å². The Kier molecular flexibility index (Phi) is 14.2. The topological polar surface area (TPSA) is 245 Å². The van der Waals surface area contributed by atoms with Crippen LogP contribution in [0.3, 0.4) is 0 Å². The summed E-state index contributed by atoms with van der Waals surface area (Å²) in [4.78, 5) is 59.2. The highest BCUT2D eigenvalue weighted by Crippen LogP contribution is 2.54. The van der Waals surface area contributed by atoms with Crippen LogP contribution in [-0.2, 0) is 48.9 Å². The minimum Gasteiger partial charge on any atom is -0.497 e. The number of aromatic nitrogens is 9. The van der Waals surface area contributed by atoms with Crippen LogP contribution in [0.15, 0.2) is 139 Å². The van der Waals surface area contributed by atoms with Gasteiger partial charge in [0.15, 0.2) is 35.0 Å². The van der Waals surface area contributed by atoms with Crippen molar-refractivity contribution in [2.45, 2.75) is 69.0 Å². The second kappa shape index (κ2) is 21.1. The third kappa shape index (κ3) is 9.61. The van der Waals surface area contributed by atoms with Crippen molar-refractivity contribution in [1.29, 1.82) is 0 Å². The van der Waals surface area contributed by atoms with Gasteiger partial charge in [-0.05, 0) is 83.0 Å². The largest absolute Gasteiger partial charge is 0.497 e. The highest BCUT2D eigenvalue weighted by atomic mass is 32.5. The molecule has 0 bridgehead atoms. The molecule has 21 nitrogen and oxygen atoms in total. The SMILES string of the molecule is CC[C@@H]1[C@@H](COP(O)(=S)O[C@@H]2[C@H](F)[C@@H](COC(c3ccccc3)(c3ccc(OC)cc3)c3ccc(OC)cc3)O[C@H]2n2cnc3c(=O)n4ccn(CCc5ccc([N+](=O)[O-])cc5)c4nc32)C[C@H]1n1cnc2c(N)ncnc21. The first-order valence-corrected chi connectivity index (χ1v) is 27.4. The maximum atomic E-state index is 17.9. The second-order valence-corrected chi connectivity index (χ2v) is 21.7. The molecular formula is C53H53FN11O10PS. The van der Waals surface area contributed by atoms with Crippen molar-refractivity contribution < 1.29 is 42.2 Å². The summed E-state index contributed by atoms with van der Waals surface area (Å²) in [7, 11) is 3.15. The minimum absolute atomic E-state index is 0.00812. The van der Waals surface area contributed by atoms with Crippen molar-refractivity contribution in [3.8, 4) is 11.5 Å². The van der Waals surface area contributed by atoms with Gasteiger partial charge in [-0.3, -0.25) is 24.0 Å². The fourth-order valence-corrected chi connectivity index (χ4v) is 12.2. The van der Waals surface area contributed by atoms with E-state index in [1.807, 2.05) is 83.4 Å². The molecule has 11 rings (SSSR count). The summed E-state index contributed by atoms with van der Waals surface area (Å²) in [5, 5.41) is 11.3. The van der Waals surface area contributed by atoms with E-state index in [0.29, 0.717) is 53.2 Å². The van der Waals surface area contributed by atoms with E-state index in [1.54, 1.807) is 49.6 Å². The van der Waals surface area contributed by atoms with Gasteiger partial charge < -0.3 is 43.2 Å². The average Bonchev–Trinajstić information content (AvgIpc) is 4.28. The Bertz CT molecular complexity index is 3650. The number of hydrogen-bond donors (Lipinski definition) is 2. The van der Waals surface area contributed by atoms with E-state index in [4.69, 9.17) is 50.5 Å². The molecule has 2 aliphatic rings. The summed E-state index contributed by atoms with van der Waals surface area (Å²) in [6.45, 7) is -2.23. The molecule has 2 fully saturated rings. The van der Waals surface area contributed by atoms with Gasteiger partial charge >= 0.3 is 6.72 Å². The lowest BCUT2D eigenvalue weighted by atomic mass is 9.68. The lowest BCUT2D eigenvalue weighted by molar-refractivity contribution is -0.384. The van der Waals surface area contributed by atoms with Crippen molar-refractivity contribution in [1.82, 2.24) is 43.0 Å². The molecule has 1 aliphatic heterocycles. The number of ether oxygens (including phenoxy) is 4. The van der Waals surface area contributed by atoms with E-state index < -0.39 is 47.4 Å². The lowest BCUT2D eigenvalue weighted by Crippen LogP contribution is -2.40. The van der Waals surface area contributed by atoms with Crippen LogP contribution < -0.4 is 20.8 Å². The summed E-state index contributed by atoms with van der Waals surface area (Å²) >= 11 is 5.71. The number of aryl methyl sites for hydroxylation is 2. The number of hydrogen-bond acceptors (Lipinski definition) is 16. The number of rotatable bonds is 20. The molecule has 0 radical (unpaired) electrons. The van der Waals surface area contributed by atoms with E-state index in [0.717, 1.165) is 17.5 Å². The van der Waals surface area contributed by atoms with Gasteiger partial charge in [-0.25, -0.2) is 28.7 Å². The molecule has 4 aromatic carbocycles. The highest BCUT2D eigenvalue weighted by Gasteiger charge is 2.52. The molecule has 0 amide bonds. The standard InChI is InChI=1S/C53H53FN11O10PS/c1-4-40-33(26-41(40)63-30-58-44-47(55)56-29-57-48(44)63)27-73-76(69,77)75-46-43(54)42(28-72-53(34-8-6-5-7-9-34,35-12-18-38(70-2)19-13-35)36-14-20-39(71-3)21-15-36)74-51(46)64-31-59-45-49(64)60-52-61(24-25-62(52)50(45)66)23-22-32-10-16-37(17-11-32)65(67)68/h5-21,24-25,29-31,33,40-43,46,51H,4,22-23,26-28H2,1-3H3,(H,69,77)(H2,55,56,57)/t33-,40-,41-,42-,43-,46-,51-,76?/m1/s1. The number of benzene rings is 4. The molecule has 77 heavy (non-hydrogen) atoms.